The predicted octanol–water partition coefficient (Wildman–Crippen LogP) is 1.52. The number of aromatic nitrogens is 2. The molecule has 0 aliphatic heterocycles. The zero-order valence-electron chi connectivity index (χ0n) is 12.1. The van der Waals surface area contributed by atoms with Gasteiger partial charge in [-0.2, -0.15) is 0 Å². The molecule has 0 saturated carbocycles. The minimum atomic E-state index is -0.255. The van der Waals surface area contributed by atoms with Gasteiger partial charge < -0.3 is 19.8 Å². The second-order valence-corrected chi connectivity index (χ2v) is 5.11. The highest BCUT2D eigenvalue weighted by Gasteiger charge is 2.10. The SMILES string of the molecule is COc1ccc(NC(=O)CSc2nccc(=O)[nH]2)c(OC)c1. The summed E-state index contributed by atoms with van der Waals surface area (Å²) in [5, 5.41) is 3.13. The average molecular weight is 321 g/mol. The van der Waals surface area contributed by atoms with E-state index in [0.29, 0.717) is 22.3 Å². The lowest BCUT2D eigenvalue weighted by Crippen LogP contribution is -2.15. The lowest BCUT2D eigenvalue weighted by molar-refractivity contribution is -0.113. The Morgan fingerprint density at radius 1 is 1.32 bits per heavy atom. The molecular weight excluding hydrogens is 306 g/mol. The van der Waals surface area contributed by atoms with Crippen molar-refractivity contribution in [1.82, 2.24) is 9.97 Å². The van der Waals surface area contributed by atoms with E-state index in [2.05, 4.69) is 15.3 Å². The molecule has 0 atom stereocenters. The van der Waals surface area contributed by atoms with Gasteiger partial charge in [0.25, 0.3) is 5.56 Å². The number of rotatable bonds is 6. The maximum atomic E-state index is 12.0. The standard InChI is InChI=1S/C14H15N3O4S/c1-20-9-3-4-10(11(7-9)21-2)16-13(19)8-22-14-15-6-5-12(18)17-14/h3-7H,8H2,1-2H3,(H,16,19)(H,15,17,18). The number of aromatic amines is 1. The first-order chi connectivity index (χ1) is 10.6. The lowest BCUT2D eigenvalue weighted by atomic mass is 10.2. The third kappa shape index (κ3) is 4.26. The number of carbonyl (C=O) groups is 1. The Kier molecular flexibility index (Phi) is 5.42. The van der Waals surface area contributed by atoms with Crippen LogP contribution in [0.4, 0.5) is 5.69 Å². The minimum absolute atomic E-state index is 0.113. The molecule has 0 aliphatic rings. The summed E-state index contributed by atoms with van der Waals surface area (Å²) < 4.78 is 10.3. The maximum Gasteiger partial charge on any atom is 0.251 e. The molecule has 1 aromatic carbocycles. The molecule has 1 aromatic heterocycles. The Morgan fingerprint density at radius 2 is 2.14 bits per heavy atom. The summed E-state index contributed by atoms with van der Waals surface area (Å²) >= 11 is 1.14. The van der Waals surface area contributed by atoms with Gasteiger partial charge in [0, 0.05) is 18.3 Å². The number of nitrogens with zero attached hydrogens (tertiary/aromatic N) is 1. The molecule has 8 heteroatoms. The highest BCUT2D eigenvalue weighted by atomic mass is 32.2. The van der Waals surface area contributed by atoms with Crippen LogP contribution in [-0.2, 0) is 4.79 Å². The number of hydrogen-bond donors (Lipinski definition) is 2. The summed E-state index contributed by atoms with van der Waals surface area (Å²) in [6.45, 7) is 0. The van der Waals surface area contributed by atoms with Gasteiger partial charge in [0.2, 0.25) is 5.91 Å². The molecule has 1 heterocycles. The minimum Gasteiger partial charge on any atom is -0.497 e. The Labute approximate surface area is 131 Å². The Balaban J connectivity index is 1.98. The number of H-pyrrole nitrogens is 1. The van der Waals surface area contributed by atoms with Crippen molar-refractivity contribution in [1.29, 1.82) is 0 Å². The van der Waals surface area contributed by atoms with Crippen molar-refractivity contribution >= 4 is 23.4 Å². The fourth-order valence-electron chi connectivity index (χ4n) is 1.65. The van der Waals surface area contributed by atoms with Gasteiger partial charge >= 0.3 is 0 Å². The van der Waals surface area contributed by atoms with Crippen molar-refractivity contribution in [3.63, 3.8) is 0 Å². The van der Waals surface area contributed by atoms with Crippen molar-refractivity contribution in [3.8, 4) is 11.5 Å². The molecule has 2 aromatic rings. The van der Waals surface area contributed by atoms with E-state index >= 15 is 0 Å². The number of thioether (sulfide) groups is 1. The number of methoxy groups -OCH3 is 2. The lowest BCUT2D eigenvalue weighted by Gasteiger charge is -2.11. The van der Waals surface area contributed by atoms with Gasteiger partial charge in [-0.1, -0.05) is 11.8 Å². The molecule has 0 bridgehead atoms. The van der Waals surface area contributed by atoms with E-state index in [1.54, 1.807) is 25.3 Å². The molecule has 0 spiro atoms. The number of carbonyl (C=O) groups excluding carboxylic acids is 1. The third-order valence-corrected chi connectivity index (χ3v) is 3.56. The number of ether oxygens (including phenoxy) is 2. The fourth-order valence-corrected chi connectivity index (χ4v) is 2.30. The molecule has 0 unspecified atom stereocenters. The summed E-state index contributed by atoms with van der Waals surface area (Å²) in [4.78, 5) is 29.6. The van der Waals surface area contributed by atoms with Gasteiger partial charge in [0.15, 0.2) is 5.16 Å². The highest BCUT2D eigenvalue weighted by molar-refractivity contribution is 7.99. The zero-order valence-corrected chi connectivity index (χ0v) is 12.9. The van der Waals surface area contributed by atoms with Crippen molar-refractivity contribution in [2.75, 3.05) is 25.3 Å². The number of nitrogens with one attached hydrogen (secondary N) is 2. The van der Waals surface area contributed by atoms with Crippen LogP contribution in [0.3, 0.4) is 0 Å². The normalized spacial score (nSPS) is 10.1. The first-order valence-electron chi connectivity index (χ1n) is 6.32. The molecule has 2 N–H and O–H groups in total. The van der Waals surface area contributed by atoms with Crippen LogP contribution in [-0.4, -0.2) is 35.8 Å². The van der Waals surface area contributed by atoms with Crippen molar-refractivity contribution in [2.45, 2.75) is 5.16 Å². The summed E-state index contributed by atoms with van der Waals surface area (Å²) in [6.07, 6.45) is 1.39. The van der Waals surface area contributed by atoms with E-state index in [1.807, 2.05) is 0 Å². The van der Waals surface area contributed by atoms with Crippen LogP contribution < -0.4 is 20.3 Å². The summed E-state index contributed by atoms with van der Waals surface area (Å²) in [5.41, 5.74) is 0.290. The third-order valence-electron chi connectivity index (χ3n) is 2.67. The Hall–Kier alpha value is -2.48. The van der Waals surface area contributed by atoms with Crippen LogP contribution in [0, 0.1) is 0 Å². The predicted molar refractivity (Wildman–Crippen MR) is 83.8 cm³/mol. The van der Waals surface area contributed by atoms with Crippen molar-refractivity contribution < 1.29 is 14.3 Å². The van der Waals surface area contributed by atoms with Crippen LogP contribution in [0.25, 0.3) is 0 Å². The van der Waals surface area contributed by atoms with Gasteiger partial charge in [-0.05, 0) is 12.1 Å². The second-order valence-electron chi connectivity index (χ2n) is 4.14. The molecule has 0 fully saturated rings. The molecule has 116 valence electrons. The van der Waals surface area contributed by atoms with E-state index in [0.717, 1.165) is 11.8 Å². The first-order valence-corrected chi connectivity index (χ1v) is 7.31. The average Bonchev–Trinajstić information content (AvgIpc) is 2.53. The highest BCUT2D eigenvalue weighted by Crippen LogP contribution is 2.29. The first kappa shape index (κ1) is 15.9. The molecule has 0 saturated heterocycles. The van der Waals surface area contributed by atoms with Crippen molar-refractivity contribution in [2.24, 2.45) is 0 Å². The van der Waals surface area contributed by atoms with Gasteiger partial charge in [-0.15, -0.1) is 0 Å². The van der Waals surface area contributed by atoms with Gasteiger partial charge in [-0.25, -0.2) is 4.98 Å². The van der Waals surface area contributed by atoms with Gasteiger partial charge in [0.05, 0.1) is 25.7 Å². The summed E-state index contributed by atoms with van der Waals surface area (Å²) in [6, 6.07) is 6.41. The van der Waals surface area contributed by atoms with Gasteiger partial charge in [0.1, 0.15) is 11.5 Å². The molecule has 0 aliphatic carbocycles. The largest absolute Gasteiger partial charge is 0.497 e. The summed E-state index contributed by atoms with van der Waals surface area (Å²) in [5.74, 6) is 1.02. The van der Waals surface area contributed by atoms with E-state index in [-0.39, 0.29) is 17.2 Å². The zero-order chi connectivity index (χ0) is 15.9. The smallest absolute Gasteiger partial charge is 0.251 e. The van der Waals surface area contributed by atoms with Crippen LogP contribution in [0.2, 0.25) is 0 Å². The van der Waals surface area contributed by atoms with E-state index in [1.165, 1.54) is 19.4 Å². The Morgan fingerprint density at radius 3 is 2.82 bits per heavy atom. The number of benzene rings is 1. The number of hydrogen-bond acceptors (Lipinski definition) is 6. The van der Waals surface area contributed by atoms with Crippen LogP contribution in [0.15, 0.2) is 40.4 Å². The van der Waals surface area contributed by atoms with Crippen LogP contribution in [0.5, 0.6) is 11.5 Å². The molecular formula is C14H15N3O4S. The second kappa shape index (κ2) is 7.51. The molecule has 2 rings (SSSR count). The summed E-state index contributed by atoms with van der Waals surface area (Å²) in [7, 11) is 3.06. The van der Waals surface area contributed by atoms with Crippen LogP contribution in [0.1, 0.15) is 0 Å². The number of amides is 1. The van der Waals surface area contributed by atoms with Crippen molar-refractivity contribution in [3.05, 3.63) is 40.8 Å². The Bertz CT molecular complexity index is 717. The fraction of sp³-hybridized carbons (Fsp3) is 0.214. The quantitative estimate of drug-likeness (QED) is 0.619. The topological polar surface area (TPSA) is 93.3 Å². The number of anilines is 1. The van der Waals surface area contributed by atoms with Crippen LogP contribution >= 0.6 is 11.8 Å². The monoisotopic (exact) mass is 321 g/mol. The van der Waals surface area contributed by atoms with E-state index in [4.69, 9.17) is 9.47 Å². The van der Waals surface area contributed by atoms with Gasteiger partial charge in [-0.3, -0.25) is 9.59 Å². The molecule has 7 nitrogen and oxygen atoms in total. The molecule has 0 radical (unpaired) electrons. The maximum absolute atomic E-state index is 12.0. The van der Waals surface area contributed by atoms with E-state index < -0.39 is 0 Å². The molecule has 1 amide bonds. The molecule has 22 heavy (non-hydrogen) atoms. The van der Waals surface area contributed by atoms with E-state index in [9.17, 15) is 9.59 Å².